The molecule has 1 aliphatic rings. The minimum atomic E-state index is -0.433. The molecule has 0 bridgehead atoms. The van der Waals surface area contributed by atoms with Gasteiger partial charge in [0.25, 0.3) is 0 Å². The smallest absolute Gasteiger partial charge is 0.244 e. The van der Waals surface area contributed by atoms with Crippen LogP contribution in [0.3, 0.4) is 0 Å². The fraction of sp³-hybridized carbons (Fsp3) is 0.500. The Balaban J connectivity index is 1.87. The highest BCUT2D eigenvalue weighted by Gasteiger charge is 2.22. The monoisotopic (exact) mass is 327 g/mol. The summed E-state index contributed by atoms with van der Waals surface area (Å²) in [4.78, 5) is 11.8. The number of furan rings is 1. The van der Waals surface area contributed by atoms with E-state index in [1.165, 1.54) is 6.08 Å². The summed E-state index contributed by atoms with van der Waals surface area (Å²) in [5.41, 5.74) is 0. The molecule has 2 unspecified atom stereocenters. The highest BCUT2D eigenvalue weighted by atomic mass is 79.9. The standard InChI is InChI=1S/C14H18BrNO3/c15-13-8-6-10(19-13)7-9-14(18)16-11-4-2-1-3-5-12(11)17/h6-9,11-12,17H,1-5H2,(H,16,18)/b9-7+. The summed E-state index contributed by atoms with van der Waals surface area (Å²) in [7, 11) is 0. The molecule has 1 fully saturated rings. The summed E-state index contributed by atoms with van der Waals surface area (Å²) < 4.78 is 5.90. The zero-order chi connectivity index (χ0) is 13.7. The number of aliphatic hydroxyl groups excluding tert-OH is 1. The van der Waals surface area contributed by atoms with Gasteiger partial charge in [-0.25, -0.2) is 0 Å². The number of hydrogen-bond acceptors (Lipinski definition) is 3. The molecular formula is C14H18BrNO3. The van der Waals surface area contributed by atoms with Crippen molar-refractivity contribution >= 4 is 27.9 Å². The van der Waals surface area contributed by atoms with Crippen molar-refractivity contribution < 1.29 is 14.3 Å². The zero-order valence-corrected chi connectivity index (χ0v) is 12.2. The van der Waals surface area contributed by atoms with E-state index >= 15 is 0 Å². The highest BCUT2D eigenvalue weighted by Crippen LogP contribution is 2.18. The second-order valence-corrected chi connectivity index (χ2v) is 5.58. The van der Waals surface area contributed by atoms with Gasteiger partial charge in [0.2, 0.25) is 5.91 Å². The summed E-state index contributed by atoms with van der Waals surface area (Å²) in [5, 5.41) is 12.8. The molecular weight excluding hydrogens is 310 g/mol. The number of carbonyl (C=O) groups is 1. The predicted molar refractivity (Wildman–Crippen MR) is 76.5 cm³/mol. The Labute approximate surface area is 121 Å². The van der Waals surface area contributed by atoms with Gasteiger partial charge in [-0.3, -0.25) is 4.79 Å². The maximum atomic E-state index is 11.8. The first-order chi connectivity index (χ1) is 9.15. The van der Waals surface area contributed by atoms with Crippen LogP contribution in [0.25, 0.3) is 6.08 Å². The van der Waals surface area contributed by atoms with Crippen molar-refractivity contribution in [1.29, 1.82) is 0 Å². The van der Waals surface area contributed by atoms with E-state index in [1.807, 2.05) is 0 Å². The van der Waals surface area contributed by atoms with Crippen LogP contribution < -0.4 is 5.32 Å². The molecule has 0 saturated heterocycles. The number of rotatable bonds is 3. The number of aliphatic hydroxyl groups is 1. The summed E-state index contributed by atoms with van der Waals surface area (Å²) in [6, 6.07) is 3.41. The lowest BCUT2D eigenvalue weighted by atomic mass is 10.1. The SMILES string of the molecule is O=C(/C=C/c1ccc(Br)o1)NC1CCCCCC1O. The van der Waals surface area contributed by atoms with Gasteiger partial charge in [0.15, 0.2) is 4.67 Å². The largest absolute Gasteiger partial charge is 0.450 e. The Hall–Kier alpha value is -1.07. The molecule has 0 radical (unpaired) electrons. The van der Waals surface area contributed by atoms with E-state index in [0.717, 1.165) is 32.1 Å². The van der Waals surface area contributed by atoms with Crippen molar-refractivity contribution in [2.75, 3.05) is 0 Å². The normalized spacial score (nSPS) is 24.3. The molecule has 1 saturated carbocycles. The summed E-state index contributed by atoms with van der Waals surface area (Å²) in [5.74, 6) is 0.418. The highest BCUT2D eigenvalue weighted by molar-refractivity contribution is 9.10. The number of amides is 1. The van der Waals surface area contributed by atoms with E-state index in [4.69, 9.17) is 4.42 Å². The lowest BCUT2D eigenvalue weighted by molar-refractivity contribution is -0.118. The average molecular weight is 328 g/mol. The third-order valence-electron chi connectivity index (χ3n) is 3.30. The molecule has 1 amide bonds. The molecule has 0 aliphatic heterocycles. The van der Waals surface area contributed by atoms with Crippen molar-refractivity contribution in [1.82, 2.24) is 5.32 Å². The summed E-state index contributed by atoms with van der Waals surface area (Å²) in [6.07, 6.45) is 7.43. The predicted octanol–water partition coefficient (Wildman–Crippen LogP) is 2.87. The topological polar surface area (TPSA) is 62.5 Å². The van der Waals surface area contributed by atoms with Gasteiger partial charge in [0.05, 0.1) is 12.1 Å². The van der Waals surface area contributed by atoms with Gasteiger partial charge in [-0.2, -0.15) is 0 Å². The average Bonchev–Trinajstić information content (AvgIpc) is 2.69. The molecule has 2 atom stereocenters. The van der Waals surface area contributed by atoms with Gasteiger partial charge in [-0.15, -0.1) is 0 Å². The van der Waals surface area contributed by atoms with Crippen LogP contribution in [0, 0.1) is 0 Å². The van der Waals surface area contributed by atoms with Gasteiger partial charge in [-0.1, -0.05) is 19.3 Å². The first-order valence-electron chi connectivity index (χ1n) is 6.57. The van der Waals surface area contributed by atoms with Crippen LogP contribution in [0.2, 0.25) is 0 Å². The molecule has 1 heterocycles. The third-order valence-corrected chi connectivity index (χ3v) is 3.73. The molecule has 4 nitrogen and oxygen atoms in total. The van der Waals surface area contributed by atoms with E-state index < -0.39 is 6.10 Å². The Morgan fingerprint density at radius 2 is 2.16 bits per heavy atom. The Bertz CT molecular complexity index is 455. The van der Waals surface area contributed by atoms with Gasteiger partial charge in [-0.05, 0) is 47.0 Å². The molecule has 1 aliphatic carbocycles. The van der Waals surface area contributed by atoms with E-state index in [-0.39, 0.29) is 11.9 Å². The first-order valence-corrected chi connectivity index (χ1v) is 7.36. The van der Waals surface area contributed by atoms with Crippen molar-refractivity contribution in [3.8, 4) is 0 Å². The number of nitrogens with one attached hydrogen (secondary N) is 1. The van der Waals surface area contributed by atoms with E-state index in [9.17, 15) is 9.90 Å². The van der Waals surface area contributed by atoms with Crippen LogP contribution >= 0.6 is 15.9 Å². The number of halogens is 1. The Kier molecular flexibility index (Phi) is 5.22. The molecule has 0 aromatic carbocycles. The van der Waals surface area contributed by atoms with Crippen LogP contribution in [0.15, 0.2) is 27.3 Å². The number of carbonyl (C=O) groups excluding carboxylic acids is 1. The molecule has 19 heavy (non-hydrogen) atoms. The lowest BCUT2D eigenvalue weighted by Gasteiger charge is -2.20. The second-order valence-electron chi connectivity index (χ2n) is 4.80. The fourth-order valence-electron chi connectivity index (χ4n) is 2.26. The second kappa shape index (κ2) is 6.91. The van der Waals surface area contributed by atoms with Gasteiger partial charge in [0, 0.05) is 6.08 Å². The third kappa shape index (κ3) is 4.51. The fourth-order valence-corrected chi connectivity index (χ4v) is 2.58. The van der Waals surface area contributed by atoms with E-state index in [1.54, 1.807) is 18.2 Å². The van der Waals surface area contributed by atoms with Crippen LogP contribution in [-0.4, -0.2) is 23.2 Å². The lowest BCUT2D eigenvalue weighted by Crippen LogP contribution is -2.41. The molecule has 2 rings (SSSR count). The van der Waals surface area contributed by atoms with E-state index in [2.05, 4.69) is 21.2 Å². The molecule has 1 aromatic rings. The van der Waals surface area contributed by atoms with Gasteiger partial charge >= 0.3 is 0 Å². The van der Waals surface area contributed by atoms with Crippen LogP contribution in [0.1, 0.15) is 37.9 Å². The molecule has 1 aromatic heterocycles. The molecule has 5 heteroatoms. The first kappa shape index (κ1) is 14.3. The minimum Gasteiger partial charge on any atom is -0.450 e. The minimum absolute atomic E-state index is 0.136. The van der Waals surface area contributed by atoms with Crippen LogP contribution in [0.4, 0.5) is 0 Å². The van der Waals surface area contributed by atoms with Crippen LogP contribution in [-0.2, 0) is 4.79 Å². The Morgan fingerprint density at radius 1 is 1.37 bits per heavy atom. The summed E-state index contributed by atoms with van der Waals surface area (Å²) in [6.45, 7) is 0. The van der Waals surface area contributed by atoms with Crippen LogP contribution in [0.5, 0.6) is 0 Å². The summed E-state index contributed by atoms with van der Waals surface area (Å²) >= 11 is 3.20. The zero-order valence-electron chi connectivity index (χ0n) is 10.6. The van der Waals surface area contributed by atoms with Crippen molar-refractivity contribution in [3.05, 3.63) is 28.6 Å². The van der Waals surface area contributed by atoms with Crippen molar-refractivity contribution in [2.24, 2.45) is 0 Å². The van der Waals surface area contributed by atoms with E-state index in [0.29, 0.717) is 10.4 Å². The van der Waals surface area contributed by atoms with Crippen molar-refractivity contribution in [3.63, 3.8) is 0 Å². The van der Waals surface area contributed by atoms with Gasteiger partial charge < -0.3 is 14.8 Å². The Morgan fingerprint density at radius 3 is 2.89 bits per heavy atom. The maximum Gasteiger partial charge on any atom is 0.244 e. The quantitative estimate of drug-likeness (QED) is 0.662. The molecule has 2 N–H and O–H groups in total. The molecule has 0 spiro atoms. The number of hydrogen-bond donors (Lipinski definition) is 2. The molecule has 104 valence electrons. The maximum absolute atomic E-state index is 11.8. The van der Waals surface area contributed by atoms with Gasteiger partial charge in [0.1, 0.15) is 5.76 Å². The van der Waals surface area contributed by atoms with Crippen molar-refractivity contribution in [2.45, 2.75) is 44.2 Å².